The highest BCUT2D eigenvalue weighted by molar-refractivity contribution is 5.97. The van der Waals surface area contributed by atoms with E-state index in [0.29, 0.717) is 30.3 Å². The van der Waals surface area contributed by atoms with Crippen molar-refractivity contribution in [2.45, 2.75) is 18.9 Å². The predicted molar refractivity (Wildman–Crippen MR) is 107 cm³/mol. The first-order chi connectivity index (χ1) is 13.4. The van der Waals surface area contributed by atoms with Crippen molar-refractivity contribution in [1.82, 2.24) is 14.7 Å². The predicted octanol–water partition coefficient (Wildman–Crippen LogP) is 1.50. The van der Waals surface area contributed by atoms with Crippen molar-refractivity contribution in [2.75, 3.05) is 65.9 Å². The molecule has 8 heteroatoms. The first-order valence-corrected chi connectivity index (χ1v) is 9.67. The van der Waals surface area contributed by atoms with Gasteiger partial charge >= 0.3 is 6.03 Å². The number of piperidine rings is 1. The number of likely N-dealkylation sites (tertiary alicyclic amines) is 1. The lowest BCUT2D eigenvalue weighted by Gasteiger charge is -2.35. The topological polar surface area (TPSA) is 65.6 Å². The number of ether oxygens (including phenoxy) is 2. The van der Waals surface area contributed by atoms with Gasteiger partial charge in [-0.15, -0.1) is 0 Å². The summed E-state index contributed by atoms with van der Waals surface area (Å²) in [5.41, 5.74) is 0.658. The summed E-state index contributed by atoms with van der Waals surface area (Å²) in [7, 11) is 7.11. The van der Waals surface area contributed by atoms with Crippen molar-refractivity contribution in [3.05, 3.63) is 18.2 Å². The number of carbonyl (C=O) groups excluding carboxylic acids is 2. The third-order valence-corrected chi connectivity index (χ3v) is 5.73. The summed E-state index contributed by atoms with van der Waals surface area (Å²) >= 11 is 0. The van der Waals surface area contributed by atoms with E-state index in [1.165, 1.54) is 0 Å². The van der Waals surface area contributed by atoms with Gasteiger partial charge in [0, 0.05) is 32.2 Å². The lowest BCUT2D eigenvalue weighted by atomic mass is 10.0. The van der Waals surface area contributed by atoms with Crippen LogP contribution in [0.2, 0.25) is 0 Å². The fourth-order valence-corrected chi connectivity index (χ4v) is 3.82. The maximum Gasteiger partial charge on any atom is 0.325 e. The Morgan fingerprint density at radius 2 is 1.86 bits per heavy atom. The number of methoxy groups -OCH3 is 2. The van der Waals surface area contributed by atoms with Gasteiger partial charge in [-0.1, -0.05) is 0 Å². The number of anilines is 1. The van der Waals surface area contributed by atoms with Crippen molar-refractivity contribution in [3.63, 3.8) is 0 Å². The highest BCUT2D eigenvalue weighted by atomic mass is 16.5. The second kappa shape index (κ2) is 8.68. The Labute approximate surface area is 166 Å². The summed E-state index contributed by atoms with van der Waals surface area (Å²) in [5, 5.41) is 0. The highest BCUT2D eigenvalue weighted by Gasteiger charge is 2.34. The molecule has 2 saturated heterocycles. The lowest BCUT2D eigenvalue weighted by Crippen LogP contribution is -2.48. The fourth-order valence-electron chi connectivity index (χ4n) is 3.82. The minimum absolute atomic E-state index is 0.0117. The van der Waals surface area contributed by atoms with Crippen molar-refractivity contribution in [3.8, 4) is 11.5 Å². The highest BCUT2D eigenvalue weighted by Crippen LogP contribution is 2.34. The summed E-state index contributed by atoms with van der Waals surface area (Å²) in [4.78, 5) is 33.0. The molecule has 0 radical (unpaired) electrons. The van der Waals surface area contributed by atoms with Crippen LogP contribution in [0.4, 0.5) is 10.5 Å². The molecule has 2 aliphatic rings. The van der Waals surface area contributed by atoms with Crippen LogP contribution in [0, 0.1) is 0 Å². The first kappa shape index (κ1) is 20.3. The SMILES string of the molecule is COc1ccc(OC)c(N2CCN(CC(=O)N(C)C3CCN(C)CC3)C2=O)c1. The van der Waals surface area contributed by atoms with E-state index in [9.17, 15) is 9.59 Å². The van der Waals surface area contributed by atoms with Crippen molar-refractivity contribution >= 4 is 17.6 Å². The number of carbonyl (C=O) groups is 2. The zero-order chi connectivity index (χ0) is 20.3. The van der Waals surface area contributed by atoms with Crippen LogP contribution in [0.3, 0.4) is 0 Å². The van der Waals surface area contributed by atoms with Gasteiger partial charge in [0.15, 0.2) is 0 Å². The Hall–Kier alpha value is -2.48. The van der Waals surface area contributed by atoms with E-state index in [1.807, 2.05) is 11.9 Å². The molecular formula is C20H30N4O4. The van der Waals surface area contributed by atoms with Gasteiger partial charge in [0.1, 0.15) is 18.0 Å². The number of rotatable bonds is 6. The first-order valence-electron chi connectivity index (χ1n) is 9.67. The number of hydrogen-bond donors (Lipinski definition) is 0. The molecule has 0 unspecified atom stereocenters. The zero-order valence-electron chi connectivity index (χ0n) is 17.2. The molecule has 0 spiro atoms. The molecular weight excluding hydrogens is 360 g/mol. The quantitative estimate of drug-likeness (QED) is 0.737. The third kappa shape index (κ3) is 4.16. The second-order valence-electron chi connectivity index (χ2n) is 7.43. The van der Waals surface area contributed by atoms with E-state index in [2.05, 4.69) is 11.9 Å². The molecule has 3 rings (SSSR count). The van der Waals surface area contributed by atoms with Crippen LogP contribution in [-0.4, -0.2) is 93.7 Å². The average molecular weight is 390 g/mol. The number of hydrogen-bond acceptors (Lipinski definition) is 5. The van der Waals surface area contributed by atoms with Gasteiger partial charge in [0.25, 0.3) is 0 Å². The fraction of sp³-hybridized carbons (Fsp3) is 0.600. The number of nitrogens with zero attached hydrogens (tertiary/aromatic N) is 4. The largest absolute Gasteiger partial charge is 0.497 e. The maximum absolute atomic E-state index is 12.9. The monoisotopic (exact) mass is 390 g/mol. The van der Waals surface area contributed by atoms with Gasteiger partial charge in [-0.2, -0.15) is 0 Å². The van der Waals surface area contributed by atoms with Crippen LogP contribution in [0.25, 0.3) is 0 Å². The minimum Gasteiger partial charge on any atom is -0.497 e. The Balaban J connectivity index is 1.65. The molecule has 1 aromatic carbocycles. The van der Waals surface area contributed by atoms with Gasteiger partial charge in [-0.05, 0) is 45.1 Å². The van der Waals surface area contributed by atoms with Crippen LogP contribution in [0.15, 0.2) is 18.2 Å². The van der Waals surface area contributed by atoms with E-state index in [1.54, 1.807) is 42.2 Å². The number of urea groups is 1. The Morgan fingerprint density at radius 3 is 2.50 bits per heavy atom. The van der Waals surface area contributed by atoms with Crippen molar-refractivity contribution in [1.29, 1.82) is 0 Å². The molecule has 3 amide bonds. The van der Waals surface area contributed by atoms with E-state index < -0.39 is 0 Å². The Kier molecular flexibility index (Phi) is 6.28. The molecule has 154 valence electrons. The molecule has 2 fully saturated rings. The van der Waals surface area contributed by atoms with Gasteiger partial charge in [-0.25, -0.2) is 4.79 Å². The minimum atomic E-state index is -0.184. The maximum atomic E-state index is 12.9. The molecule has 8 nitrogen and oxygen atoms in total. The summed E-state index contributed by atoms with van der Waals surface area (Å²) in [5.74, 6) is 1.24. The van der Waals surface area contributed by atoms with Crippen molar-refractivity contribution < 1.29 is 19.1 Å². The molecule has 1 aromatic rings. The van der Waals surface area contributed by atoms with Gasteiger partial charge in [0.05, 0.1) is 19.9 Å². The zero-order valence-corrected chi connectivity index (χ0v) is 17.2. The summed E-state index contributed by atoms with van der Waals surface area (Å²) in [6.45, 7) is 3.10. The third-order valence-electron chi connectivity index (χ3n) is 5.73. The Morgan fingerprint density at radius 1 is 1.14 bits per heavy atom. The molecule has 2 aliphatic heterocycles. The van der Waals surface area contributed by atoms with Crippen LogP contribution >= 0.6 is 0 Å². The number of amides is 3. The molecule has 0 saturated carbocycles. The standard InChI is InChI=1S/C20H30N4O4/c1-21-9-7-15(8-10-21)22(2)19(25)14-23-11-12-24(20(23)26)17-13-16(27-3)5-6-18(17)28-4/h5-6,13,15H,7-12,14H2,1-4H3. The molecule has 28 heavy (non-hydrogen) atoms. The van der Waals surface area contributed by atoms with Gasteiger partial charge in [0.2, 0.25) is 5.91 Å². The van der Waals surface area contributed by atoms with Crippen LogP contribution < -0.4 is 14.4 Å². The van der Waals surface area contributed by atoms with Crippen molar-refractivity contribution in [2.24, 2.45) is 0 Å². The summed E-state index contributed by atoms with van der Waals surface area (Å²) in [6.07, 6.45) is 1.94. The van der Waals surface area contributed by atoms with E-state index in [4.69, 9.17) is 9.47 Å². The van der Waals surface area contributed by atoms with Crippen LogP contribution in [0.5, 0.6) is 11.5 Å². The molecule has 2 heterocycles. The molecule has 0 bridgehead atoms. The summed E-state index contributed by atoms with van der Waals surface area (Å²) in [6, 6.07) is 5.42. The summed E-state index contributed by atoms with van der Waals surface area (Å²) < 4.78 is 10.7. The number of benzene rings is 1. The van der Waals surface area contributed by atoms with Crippen LogP contribution in [0.1, 0.15) is 12.8 Å². The molecule has 0 aliphatic carbocycles. The average Bonchev–Trinajstić information content (AvgIpc) is 3.07. The van der Waals surface area contributed by atoms with E-state index in [-0.39, 0.29) is 24.5 Å². The molecule has 0 atom stereocenters. The molecule has 0 aromatic heterocycles. The normalized spacial score (nSPS) is 18.5. The Bertz CT molecular complexity index is 718. The lowest BCUT2D eigenvalue weighted by molar-refractivity contribution is -0.133. The molecule has 0 N–H and O–H groups in total. The smallest absolute Gasteiger partial charge is 0.325 e. The van der Waals surface area contributed by atoms with E-state index in [0.717, 1.165) is 25.9 Å². The second-order valence-corrected chi connectivity index (χ2v) is 7.43. The van der Waals surface area contributed by atoms with Gasteiger partial charge < -0.3 is 24.2 Å². The van der Waals surface area contributed by atoms with Gasteiger partial charge in [-0.3, -0.25) is 9.69 Å². The number of likely N-dealkylation sites (N-methyl/N-ethyl adjacent to an activating group) is 1. The van der Waals surface area contributed by atoms with Crippen LogP contribution in [-0.2, 0) is 4.79 Å². The van der Waals surface area contributed by atoms with E-state index >= 15 is 0 Å².